The van der Waals surface area contributed by atoms with Crippen molar-refractivity contribution in [2.45, 2.75) is 18.8 Å². The van der Waals surface area contributed by atoms with Crippen molar-refractivity contribution in [1.29, 1.82) is 0 Å². The Morgan fingerprint density at radius 3 is 2.46 bits per heavy atom. The van der Waals surface area contributed by atoms with Crippen LogP contribution in [0.1, 0.15) is 28.4 Å². The molecule has 0 radical (unpaired) electrons. The summed E-state index contributed by atoms with van der Waals surface area (Å²) in [6.07, 6.45) is -3.21. The number of Topliss-reactive ketones (excluding diaryl/α,β-unsaturated/α-hetero) is 1. The van der Waals surface area contributed by atoms with Gasteiger partial charge in [-0.15, -0.1) is 0 Å². The van der Waals surface area contributed by atoms with Crippen molar-refractivity contribution in [2.75, 3.05) is 0 Å². The molecule has 0 aliphatic carbocycles. The Morgan fingerprint density at radius 1 is 1.06 bits per heavy atom. The molecule has 1 aliphatic rings. The van der Waals surface area contributed by atoms with E-state index in [1.165, 1.54) is 42.6 Å². The molecule has 1 unspecified atom stereocenters. The number of likely N-dealkylation sites (tertiary alicyclic amines) is 1. The number of carbonyl (C=O) groups is 2. The highest BCUT2D eigenvalue weighted by molar-refractivity contribution is 6.46. The zero-order chi connectivity index (χ0) is 25.3. The van der Waals surface area contributed by atoms with E-state index in [4.69, 9.17) is 0 Å². The number of benzene rings is 2. The predicted octanol–water partition coefficient (Wildman–Crippen LogP) is 4.63. The molecule has 0 saturated carbocycles. The molecule has 2 aromatic carbocycles. The molecule has 3 aromatic rings. The van der Waals surface area contributed by atoms with Crippen LogP contribution in [-0.4, -0.2) is 31.6 Å². The number of hydrogen-bond donors (Lipinski definition) is 1. The Labute approximate surface area is 196 Å². The Balaban J connectivity index is 1.84. The first-order valence-corrected chi connectivity index (χ1v) is 10.2. The van der Waals surface area contributed by atoms with Crippen LogP contribution in [0, 0.1) is 10.1 Å². The molecule has 178 valence electrons. The van der Waals surface area contributed by atoms with Gasteiger partial charge >= 0.3 is 6.18 Å². The van der Waals surface area contributed by atoms with Crippen LogP contribution in [0.3, 0.4) is 0 Å². The number of hydrogen-bond acceptors (Lipinski definition) is 6. The summed E-state index contributed by atoms with van der Waals surface area (Å²) >= 11 is 0. The van der Waals surface area contributed by atoms with Crippen LogP contribution in [0.4, 0.5) is 18.9 Å². The number of aliphatic hydroxyl groups excluding tert-OH is 1. The molecule has 1 amide bonds. The van der Waals surface area contributed by atoms with Crippen LogP contribution in [-0.2, 0) is 22.3 Å². The minimum atomic E-state index is -4.60. The van der Waals surface area contributed by atoms with Crippen LogP contribution >= 0.6 is 0 Å². The monoisotopic (exact) mass is 483 g/mol. The maximum absolute atomic E-state index is 13.2. The minimum Gasteiger partial charge on any atom is -0.507 e. The van der Waals surface area contributed by atoms with E-state index in [0.29, 0.717) is 0 Å². The first-order valence-electron chi connectivity index (χ1n) is 10.2. The van der Waals surface area contributed by atoms with Gasteiger partial charge in [-0.3, -0.25) is 24.7 Å². The summed E-state index contributed by atoms with van der Waals surface area (Å²) in [5, 5.41) is 22.1. The highest BCUT2D eigenvalue weighted by atomic mass is 19.4. The molecular weight excluding hydrogens is 467 g/mol. The number of amides is 1. The number of ketones is 1. The maximum Gasteiger partial charge on any atom is 0.416 e. The van der Waals surface area contributed by atoms with Crippen molar-refractivity contribution in [1.82, 2.24) is 9.88 Å². The van der Waals surface area contributed by atoms with E-state index >= 15 is 0 Å². The smallest absolute Gasteiger partial charge is 0.416 e. The number of alkyl halides is 3. The second kappa shape index (κ2) is 9.01. The zero-order valence-corrected chi connectivity index (χ0v) is 17.8. The lowest BCUT2D eigenvalue weighted by Crippen LogP contribution is -2.29. The largest absolute Gasteiger partial charge is 0.507 e. The number of halogens is 3. The molecule has 1 fully saturated rings. The summed E-state index contributed by atoms with van der Waals surface area (Å²) in [5.41, 5.74) is -1.42. The van der Waals surface area contributed by atoms with Gasteiger partial charge in [0.25, 0.3) is 17.4 Å². The molecule has 0 spiro atoms. The Kier molecular flexibility index (Phi) is 6.08. The fourth-order valence-electron chi connectivity index (χ4n) is 3.85. The number of nitro groups is 1. The van der Waals surface area contributed by atoms with E-state index in [9.17, 15) is 38.0 Å². The van der Waals surface area contributed by atoms with Crippen molar-refractivity contribution in [2.24, 2.45) is 0 Å². The summed E-state index contributed by atoms with van der Waals surface area (Å²) in [4.78, 5) is 41.6. The molecule has 1 N–H and O–H groups in total. The van der Waals surface area contributed by atoms with E-state index in [2.05, 4.69) is 4.98 Å². The van der Waals surface area contributed by atoms with Crippen LogP contribution in [0.5, 0.6) is 0 Å². The van der Waals surface area contributed by atoms with E-state index in [0.717, 1.165) is 23.1 Å². The number of non-ortho nitro benzene ring substituents is 1. The van der Waals surface area contributed by atoms with Gasteiger partial charge in [0.1, 0.15) is 11.8 Å². The first kappa shape index (κ1) is 23.6. The van der Waals surface area contributed by atoms with Crippen LogP contribution < -0.4 is 0 Å². The van der Waals surface area contributed by atoms with E-state index < -0.39 is 40.2 Å². The number of rotatable bonds is 5. The number of pyridine rings is 1. The topological polar surface area (TPSA) is 114 Å². The third-order valence-corrected chi connectivity index (χ3v) is 5.45. The minimum absolute atomic E-state index is 0.0720. The van der Waals surface area contributed by atoms with Crippen LogP contribution in [0.15, 0.2) is 78.5 Å². The average Bonchev–Trinajstić information content (AvgIpc) is 3.08. The van der Waals surface area contributed by atoms with Crippen molar-refractivity contribution < 1.29 is 32.8 Å². The highest BCUT2D eigenvalue weighted by Gasteiger charge is 2.47. The molecular formula is C24H16F3N3O5. The summed E-state index contributed by atoms with van der Waals surface area (Å²) in [6.45, 7) is -0.374. The van der Waals surface area contributed by atoms with E-state index in [1.807, 2.05) is 0 Å². The third-order valence-electron chi connectivity index (χ3n) is 5.45. The van der Waals surface area contributed by atoms with Crippen LogP contribution in [0.2, 0.25) is 0 Å². The number of aliphatic hydroxyl groups is 1. The van der Waals surface area contributed by atoms with E-state index in [-0.39, 0.29) is 34.6 Å². The Hall–Kier alpha value is -4.54. The van der Waals surface area contributed by atoms with Gasteiger partial charge in [-0.2, -0.15) is 13.2 Å². The van der Waals surface area contributed by atoms with Gasteiger partial charge < -0.3 is 10.0 Å². The lowest BCUT2D eigenvalue weighted by atomic mass is 9.98. The number of nitrogens with zero attached hydrogens (tertiary/aromatic N) is 3. The summed E-state index contributed by atoms with van der Waals surface area (Å²) in [5.74, 6) is -2.80. The molecule has 1 saturated heterocycles. The fraction of sp³-hybridized carbons (Fsp3) is 0.125. The normalized spacial score (nSPS) is 17.6. The highest BCUT2D eigenvalue weighted by Crippen LogP contribution is 2.40. The molecule has 1 aliphatic heterocycles. The molecule has 1 aromatic heterocycles. The third kappa shape index (κ3) is 4.60. The Morgan fingerprint density at radius 2 is 1.80 bits per heavy atom. The van der Waals surface area contributed by atoms with Gasteiger partial charge in [-0.05, 0) is 29.8 Å². The molecule has 11 heteroatoms. The second-order valence-corrected chi connectivity index (χ2v) is 7.69. The molecule has 4 rings (SSSR count). The SMILES string of the molecule is O=C1C(=O)N(Cc2cccc(C(F)(F)F)c2)C(c2ccccn2)/C1=C(/O)c1cccc([N+](=O)[O-])c1. The average molecular weight is 483 g/mol. The van der Waals surface area contributed by atoms with Crippen molar-refractivity contribution in [3.63, 3.8) is 0 Å². The summed E-state index contributed by atoms with van der Waals surface area (Å²) in [6, 6.07) is 12.6. The van der Waals surface area contributed by atoms with Gasteiger partial charge in [0.05, 0.1) is 21.8 Å². The quantitative estimate of drug-likeness (QED) is 0.186. The molecule has 8 nitrogen and oxygen atoms in total. The van der Waals surface area contributed by atoms with Crippen molar-refractivity contribution in [3.8, 4) is 0 Å². The second-order valence-electron chi connectivity index (χ2n) is 7.69. The lowest BCUT2D eigenvalue weighted by molar-refractivity contribution is -0.384. The summed E-state index contributed by atoms with van der Waals surface area (Å²) < 4.78 is 39.5. The van der Waals surface area contributed by atoms with Gasteiger partial charge in [0.15, 0.2) is 0 Å². The van der Waals surface area contributed by atoms with Gasteiger partial charge in [0.2, 0.25) is 0 Å². The van der Waals surface area contributed by atoms with Crippen LogP contribution in [0.25, 0.3) is 5.76 Å². The number of aromatic nitrogens is 1. The van der Waals surface area contributed by atoms with Gasteiger partial charge in [0, 0.05) is 30.4 Å². The number of nitro benzene ring substituents is 1. The van der Waals surface area contributed by atoms with Gasteiger partial charge in [-0.1, -0.05) is 30.3 Å². The number of carbonyl (C=O) groups excluding carboxylic acids is 2. The molecule has 2 heterocycles. The van der Waals surface area contributed by atoms with Crippen molar-refractivity contribution >= 4 is 23.1 Å². The van der Waals surface area contributed by atoms with E-state index in [1.54, 1.807) is 12.1 Å². The van der Waals surface area contributed by atoms with Gasteiger partial charge in [-0.25, -0.2) is 0 Å². The standard InChI is InChI=1S/C24H16F3N3O5/c25-24(26,27)16-7-3-5-14(11-16)13-29-20(18-9-1-2-10-28-18)19(22(32)23(29)33)21(31)15-6-4-8-17(12-15)30(34)35/h1-12,20,31H,13H2/b21-19-. The molecule has 1 atom stereocenters. The first-order chi connectivity index (χ1) is 16.6. The fourth-order valence-corrected chi connectivity index (χ4v) is 3.85. The summed E-state index contributed by atoms with van der Waals surface area (Å²) in [7, 11) is 0. The van der Waals surface area contributed by atoms with Crippen molar-refractivity contribution in [3.05, 3.63) is 111 Å². The lowest BCUT2D eigenvalue weighted by Gasteiger charge is -2.25. The molecule has 0 bridgehead atoms. The zero-order valence-electron chi connectivity index (χ0n) is 17.8. The predicted molar refractivity (Wildman–Crippen MR) is 117 cm³/mol. The Bertz CT molecular complexity index is 1360. The maximum atomic E-state index is 13.2. The molecule has 35 heavy (non-hydrogen) atoms.